The zero-order chi connectivity index (χ0) is 25.5. The lowest BCUT2D eigenvalue weighted by atomic mass is 10.1. The lowest BCUT2D eigenvalue weighted by Gasteiger charge is -2.12. The van der Waals surface area contributed by atoms with Crippen molar-refractivity contribution in [2.24, 2.45) is 0 Å². The minimum absolute atomic E-state index is 0.0161. The molecule has 0 spiro atoms. The van der Waals surface area contributed by atoms with E-state index in [0.717, 1.165) is 32.0 Å². The Kier molecular flexibility index (Phi) is 8.87. The van der Waals surface area contributed by atoms with E-state index in [0.29, 0.717) is 15.8 Å². The fourth-order valence-electron chi connectivity index (χ4n) is 3.13. The molecular weight excluding hydrogens is 576 g/mol. The maximum Gasteiger partial charge on any atom is 0.236 e. The third kappa shape index (κ3) is 7.47. The molecule has 0 bridgehead atoms. The predicted octanol–water partition coefficient (Wildman–Crippen LogP) is 7.31. The highest BCUT2D eigenvalue weighted by molar-refractivity contribution is 9.10. The quantitative estimate of drug-likeness (QED) is 0.112. The molecule has 0 atom stereocenters. The molecule has 4 aromatic rings. The first-order chi connectivity index (χ1) is 17.4. The van der Waals surface area contributed by atoms with Gasteiger partial charge < -0.3 is 16.0 Å². The Morgan fingerprint density at radius 2 is 1.69 bits per heavy atom. The van der Waals surface area contributed by atoms with E-state index in [2.05, 4.69) is 36.9 Å². The molecule has 0 aliphatic rings. The molecule has 6 nitrogen and oxygen atoms in total. The maximum atomic E-state index is 12.5. The van der Waals surface area contributed by atoms with Crippen LogP contribution in [0.25, 0.3) is 11.3 Å². The number of thioether (sulfide) groups is 1. The van der Waals surface area contributed by atoms with Gasteiger partial charge >= 0.3 is 0 Å². The number of nitrogens with one attached hydrogen (secondary N) is 3. The Morgan fingerprint density at radius 1 is 0.972 bits per heavy atom. The number of benzene rings is 3. The number of Topliss-reactive ketones (excluding diaryl/α,β-unsaturated/α-hetero) is 1. The highest BCUT2D eigenvalue weighted by Gasteiger charge is 2.10. The first kappa shape index (κ1) is 26.0. The van der Waals surface area contributed by atoms with Gasteiger partial charge in [-0.15, -0.1) is 23.1 Å². The summed E-state index contributed by atoms with van der Waals surface area (Å²) in [7, 11) is 0. The molecular formula is C26H21BrN4O2S3. The molecule has 0 fully saturated rings. The van der Waals surface area contributed by atoms with Crippen molar-refractivity contribution in [3.63, 3.8) is 0 Å². The minimum Gasteiger partial charge on any atom is -0.332 e. The van der Waals surface area contributed by atoms with Crippen LogP contribution in [-0.2, 0) is 4.79 Å². The number of amides is 1. The molecule has 0 saturated carbocycles. The number of aromatic nitrogens is 1. The van der Waals surface area contributed by atoms with Gasteiger partial charge in [0.05, 0.1) is 11.4 Å². The molecule has 3 N–H and O–H groups in total. The van der Waals surface area contributed by atoms with Gasteiger partial charge in [-0.3, -0.25) is 9.59 Å². The SMILES string of the molecule is CC(=O)c1ccc(NC(=S)Nc2cccc(SCC(=O)Nc3nc(-c4ccc(Br)cc4)cs3)c2)cc1. The van der Waals surface area contributed by atoms with Crippen LogP contribution < -0.4 is 16.0 Å². The fourth-order valence-corrected chi connectivity index (χ4v) is 5.12. The number of carbonyl (C=O) groups excluding carboxylic acids is 2. The standard InChI is InChI=1S/C26H21BrN4O2S3/c1-16(32)17-7-11-20(12-8-17)28-25(34)29-21-3-2-4-22(13-21)35-15-24(33)31-26-30-23(14-36-26)18-5-9-19(27)10-6-18/h2-14H,15H2,1H3,(H2,28,29,34)(H,30,31,33). The van der Waals surface area contributed by atoms with Crippen molar-refractivity contribution in [1.29, 1.82) is 0 Å². The largest absolute Gasteiger partial charge is 0.332 e. The summed E-state index contributed by atoms with van der Waals surface area (Å²) in [6.07, 6.45) is 0. The molecule has 0 unspecified atom stereocenters. The van der Waals surface area contributed by atoms with Crippen LogP contribution in [0.3, 0.4) is 0 Å². The van der Waals surface area contributed by atoms with Crippen LogP contribution >= 0.6 is 51.2 Å². The van der Waals surface area contributed by atoms with Crippen molar-refractivity contribution >= 4 is 84.6 Å². The zero-order valence-electron chi connectivity index (χ0n) is 19.1. The van der Waals surface area contributed by atoms with E-state index in [-0.39, 0.29) is 17.4 Å². The molecule has 0 aliphatic carbocycles. The molecule has 3 aromatic carbocycles. The van der Waals surface area contributed by atoms with Gasteiger partial charge in [0.15, 0.2) is 16.0 Å². The summed E-state index contributed by atoms with van der Waals surface area (Å²) in [6.45, 7) is 1.53. The average Bonchev–Trinajstić information content (AvgIpc) is 3.32. The van der Waals surface area contributed by atoms with Gasteiger partial charge in [-0.1, -0.05) is 34.1 Å². The number of rotatable bonds is 8. The van der Waals surface area contributed by atoms with Crippen LogP contribution in [0, 0.1) is 0 Å². The van der Waals surface area contributed by atoms with Gasteiger partial charge in [0, 0.05) is 37.2 Å². The maximum absolute atomic E-state index is 12.5. The number of ketones is 1. The third-order valence-corrected chi connectivity index (χ3v) is 7.39. The lowest BCUT2D eigenvalue weighted by molar-refractivity contribution is -0.113. The first-order valence-electron chi connectivity index (χ1n) is 10.8. The lowest BCUT2D eigenvalue weighted by Crippen LogP contribution is -2.19. The monoisotopic (exact) mass is 596 g/mol. The van der Waals surface area contributed by atoms with Crippen LogP contribution in [0.4, 0.5) is 16.5 Å². The Morgan fingerprint density at radius 3 is 2.42 bits per heavy atom. The summed E-state index contributed by atoms with van der Waals surface area (Å²) in [5.41, 5.74) is 4.05. The van der Waals surface area contributed by atoms with Crippen LogP contribution in [0.15, 0.2) is 87.5 Å². The Bertz CT molecular complexity index is 1390. The van der Waals surface area contributed by atoms with Gasteiger partial charge in [-0.25, -0.2) is 4.98 Å². The van der Waals surface area contributed by atoms with Gasteiger partial charge in [0.1, 0.15) is 0 Å². The number of anilines is 3. The molecule has 1 heterocycles. The zero-order valence-corrected chi connectivity index (χ0v) is 23.1. The van der Waals surface area contributed by atoms with E-state index in [1.54, 1.807) is 24.3 Å². The van der Waals surface area contributed by atoms with Crippen molar-refractivity contribution in [3.8, 4) is 11.3 Å². The molecule has 0 radical (unpaired) electrons. The van der Waals surface area contributed by atoms with Crippen LogP contribution in [0.2, 0.25) is 0 Å². The number of nitrogens with zero attached hydrogens (tertiary/aromatic N) is 1. The first-order valence-corrected chi connectivity index (χ1v) is 13.9. The van der Waals surface area contributed by atoms with Crippen molar-refractivity contribution < 1.29 is 9.59 Å². The van der Waals surface area contributed by atoms with E-state index >= 15 is 0 Å². The fraction of sp³-hybridized carbons (Fsp3) is 0.0769. The summed E-state index contributed by atoms with van der Waals surface area (Å²) in [4.78, 5) is 29.3. The van der Waals surface area contributed by atoms with Gasteiger partial charge in [-0.05, 0) is 73.7 Å². The second kappa shape index (κ2) is 12.3. The molecule has 10 heteroatoms. The van der Waals surface area contributed by atoms with E-state index < -0.39 is 0 Å². The highest BCUT2D eigenvalue weighted by atomic mass is 79.9. The normalized spacial score (nSPS) is 10.5. The number of carbonyl (C=O) groups is 2. The second-order valence-corrected chi connectivity index (χ2v) is 10.9. The molecule has 36 heavy (non-hydrogen) atoms. The molecule has 182 valence electrons. The molecule has 0 saturated heterocycles. The number of hydrogen-bond donors (Lipinski definition) is 3. The molecule has 1 amide bonds. The van der Waals surface area contributed by atoms with Crippen molar-refractivity contribution in [2.45, 2.75) is 11.8 Å². The number of thiocarbonyl (C=S) groups is 1. The minimum atomic E-state index is -0.124. The van der Waals surface area contributed by atoms with Crippen LogP contribution in [-0.4, -0.2) is 27.5 Å². The summed E-state index contributed by atoms with van der Waals surface area (Å²) in [5, 5.41) is 12.0. The van der Waals surface area contributed by atoms with Crippen LogP contribution in [0.1, 0.15) is 17.3 Å². The van der Waals surface area contributed by atoms with E-state index in [1.807, 2.05) is 53.9 Å². The number of thiazole rings is 1. The third-order valence-electron chi connectivity index (χ3n) is 4.90. The molecule has 0 aliphatic heterocycles. The van der Waals surface area contributed by atoms with E-state index in [4.69, 9.17) is 12.2 Å². The summed E-state index contributed by atoms with van der Waals surface area (Å²) < 4.78 is 1.00. The topological polar surface area (TPSA) is 83.1 Å². The van der Waals surface area contributed by atoms with Gasteiger partial charge in [0.2, 0.25) is 5.91 Å². The van der Waals surface area contributed by atoms with E-state index in [9.17, 15) is 9.59 Å². The summed E-state index contributed by atoms with van der Waals surface area (Å²) in [5.74, 6) is 0.144. The number of hydrogen-bond acceptors (Lipinski definition) is 6. The summed E-state index contributed by atoms with van der Waals surface area (Å²) in [6, 6.07) is 22.7. The molecule has 4 rings (SSSR count). The van der Waals surface area contributed by atoms with Gasteiger partial charge in [0.25, 0.3) is 0 Å². The van der Waals surface area contributed by atoms with Gasteiger partial charge in [-0.2, -0.15) is 0 Å². The van der Waals surface area contributed by atoms with Crippen LogP contribution in [0.5, 0.6) is 0 Å². The van der Waals surface area contributed by atoms with Crippen molar-refractivity contribution in [2.75, 3.05) is 21.7 Å². The average molecular weight is 598 g/mol. The molecule has 1 aromatic heterocycles. The Hall–Kier alpha value is -3.05. The van der Waals surface area contributed by atoms with Crippen molar-refractivity contribution in [3.05, 3.63) is 88.2 Å². The smallest absolute Gasteiger partial charge is 0.236 e. The summed E-state index contributed by atoms with van der Waals surface area (Å²) >= 11 is 11.7. The number of halogens is 1. The Labute approximate surface area is 231 Å². The predicted molar refractivity (Wildman–Crippen MR) is 157 cm³/mol. The highest BCUT2D eigenvalue weighted by Crippen LogP contribution is 2.27. The Balaban J connectivity index is 1.27. The second-order valence-electron chi connectivity index (χ2n) is 7.62. The van der Waals surface area contributed by atoms with Crippen molar-refractivity contribution in [1.82, 2.24) is 4.98 Å². The van der Waals surface area contributed by atoms with E-state index in [1.165, 1.54) is 30.0 Å².